The van der Waals surface area contributed by atoms with Crippen molar-refractivity contribution in [3.05, 3.63) is 59.7 Å². The molecule has 2 aromatic carbocycles. The maximum Gasteiger partial charge on any atom is 0.242 e. The molecule has 1 aliphatic rings. The van der Waals surface area contributed by atoms with Crippen LogP contribution in [0.15, 0.2) is 48.5 Å². The maximum atomic E-state index is 13.4. The van der Waals surface area contributed by atoms with Crippen LogP contribution >= 0.6 is 0 Å². The molecular weight excluding hydrogens is 452 g/mol. The van der Waals surface area contributed by atoms with E-state index in [0.29, 0.717) is 50.5 Å². The van der Waals surface area contributed by atoms with Crippen molar-refractivity contribution < 1.29 is 19.1 Å². The summed E-state index contributed by atoms with van der Waals surface area (Å²) in [5.41, 5.74) is 2.17. The summed E-state index contributed by atoms with van der Waals surface area (Å²) in [5.74, 6) is 1.35. The summed E-state index contributed by atoms with van der Waals surface area (Å²) in [6.45, 7) is 7.35. The van der Waals surface area contributed by atoms with Gasteiger partial charge >= 0.3 is 0 Å². The third kappa shape index (κ3) is 8.28. The van der Waals surface area contributed by atoms with Crippen molar-refractivity contribution in [2.24, 2.45) is 0 Å². The van der Waals surface area contributed by atoms with Crippen LogP contribution in [0.4, 0.5) is 0 Å². The van der Waals surface area contributed by atoms with E-state index in [1.54, 1.807) is 4.90 Å². The van der Waals surface area contributed by atoms with Gasteiger partial charge in [0.25, 0.3) is 0 Å². The average molecular weight is 495 g/mol. The molecule has 2 amide bonds. The van der Waals surface area contributed by atoms with Crippen LogP contribution in [-0.2, 0) is 22.4 Å². The molecule has 1 fully saturated rings. The number of carbonyl (C=O) groups is 2. The molecule has 0 saturated heterocycles. The first-order valence-corrected chi connectivity index (χ1v) is 13.5. The van der Waals surface area contributed by atoms with E-state index >= 15 is 0 Å². The van der Waals surface area contributed by atoms with Gasteiger partial charge in [-0.05, 0) is 69.7 Å². The lowest BCUT2D eigenvalue weighted by Gasteiger charge is -2.31. The summed E-state index contributed by atoms with van der Waals surface area (Å²) in [4.78, 5) is 28.3. The normalized spacial score (nSPS) is 14.6. The predicted octanol–water partition coefficient (Wildman–Crippen LogP) is 5.33. The fourth-order valence-electron chi connectivity index (χ4n) is 4.78. The van der Waals surface area contributed by atoms with Gasteiger partial charge in [-0.2, -0.15) is 0 Å². The Hall–Kier alpha value is -3.02. The molecule has 0 aliphatic heterocycles. The van der Waals surface area contributed by atoms with Crippen LogP contribution in [0.2, 0.25) is 0 Å². The zero-order chi connectivity index (χ0) is 25.8. The van der Waals surface area contributed by atoms with Crippen molar-refractivity contribution in [2.45, 2.75) is 84.2 Å². The molecule has 0 radical (unpaired) electrons. The number of amides is 2. The zero-order valence-electron chi connectivity index (χ0n) is 22.1. The van der Waals surface area contributed by atoms with E-state index in [2.05, 4.69) is 17.4 Å². The number of nitrogens with zero attached hydrogens (tertiary/aromatic N) is 1. The Bertz CT molecular complexity index is 957. The summed E-state index contributed by atoms with van der Waals surface area (Å²) >= 11 is 0. The van der Waals surface area contributed by atoms with E-state index in [9.17, 15) is 9.59 Å². The molecule has 36 heavy (non-hydrogen) atoms. The molecule has 0 bridgehead atoms. The smallest absolute Gasteiger partial charge is 0.242 e. The third-order valence-electron chi connectivity index (χ3n) is 6.84. The van der Waals surface area contributed by atoms with E-state index in [0.717, 1.165) is 36.8 Å². The molecule has 2 aromatic rings. The van der Waals surface area contributed by atoms with Crippen LogP contribution in [0.3, 0.4) is 0 Å². The van der Waals surface area contributed by atoms with Crippen molar-refractivity contribution in [1.82, 2.24) is 10.2 Å². The van der Waals surface area contributed by atoms with Crippen LogP contribution < -0.4 is 14.8 Å². The predicted molar refractivity (Wildman–Crippen MR) is 143 cm³/mol. The third-order valence-corrected chi connectivity index (χ3v) is 6.84. The average Bonchev–Trinajstić information content (AvgIpc) is 2.90. The molecule has 1 atom stereocenters. The molecule has 1 N–H and O–H groups in total. The largest absolute Gasteiger partial charge is 0.490 e. The van der Waals surface area contributed by atoms with E-state index in [1.807, 2.05) is 57.2 Å². The van der Waals surface area contributed by atoms with Gasteiger partial charge < -0.3 is 19.7 Å². The lowest BCUT2D eigenvalue weighted by atomic mass is 9.95. The number of hydrogen-bond acceptors (Lipinski definition) is 4. The Labute approximate surface area is 216 Å². The Morgan fingerprint density at radius 1 is 0.917 bits per heavy atom. The number of rotatable bonds is 13. The maximum absolute atomic E-state index is 13.4. The quantitative estimate of drug-likeness (QED) is 0.409. The molecular formula is C30H42N2O4. The summed E-state index contributed by atoms with van der Waals surface area (Å²) in [6.07, 6.45) is 7.21. The summed E-state index contributed by atoms with van der Waals surface area (Å²) in [5, 5.41) is 3.20. The fourth-order valence-corrected chi connectivity index (χ4v) is 4.78. The monoisotopic (exact) mass is 494 g/mol. The molecule has 1 saturated carbocycles. The van der Waals surface area contributed by atoms with Gasteiger partial charge in [-0.3, -0.25) is 9.59 Å². The van der Waals surface area contributed by atoms with Crippen molar-refractivity contribution in [1.29, 1.82) is 0 Å². The van der Waals surface area contributed by atoms with Gasteiger partial charge in [-0.25, -0.2) is 0 Å². The number of nitrogens with one attached hydrogen (secondary N) is 1. The number of aryl methyl sites for hydroxylation is 1. The van der Waals surface area contributed by atoms with Crippen LogP contribution in [0, 0.1) is 0 Å². The van der Waals surface area contributed by atoms with E-state index < -0.39 is 6.04 Å². The minimum absolute atomic E-state index is 0.0101. The lowest BCUT2D eigenvalue weighted by molar-refractivity contribution is -0.140. The molecule has 0 spiro atoms. The number of benzene rings is 2. The van der Waals surface area contributed by atoms with Crippen LogP contribution in [0.25, 0.3) is 0 Å². The topological polar surface area (TPSA) is 67.9 Å². The fraction of sp³-hybridized carbons (Fsp3) is 0.533. The van der Waals surface area contributed by atoms with E-state index in [1.165, 1.54) is 6.42 Å². The van der Waals surface area contributed by atoms with Crippen LogP contribution in [0.1, 0.15) is 70.4 Å². The van der Waals surface area contributed by atoms with Crippen LogP contribution in [-0.4, -0.2) is 48.6 Å². The highest BCUT2D eigenvalue weighted by molar-refractivity contribution is 5.87. The van der Waals surface area contributed by atoms with Crippen molar-refractivity contribution >= 4 is 11.8 Å². The Kier molecular flexibility index (Phi) is 11.1. The number of carbonyl (C=O) groups excluding carboxylic acids is 2. The second-order valence-electron chi connectivity index (χ2n) is 9.49. The molecule has 0 unspecified atom stereocenters. The first-order chi connectivity index (χ1) is 17.5. The first-order valence-electron chi connectivity index (χ1n) is 13.5. The van der Waals surface area contributed by atoms with Gasteiger partial charge in [0.15, 0.2) is 11.5 Å². The van der Waals surface area contributed by atoms with Gasteiger partial charge in [0, 0.05) is 19.0 Å². The molecule has 6 heteroatoms. The van der Waals surface area contributed by atoms with Gasteiger partial charge in [0.05, 0.1) is 13.2 Å². The summed E-state index contributed by atoms with van der Waals surface area (Å²) in [6, 6.07) is 15.7. The van der Waals surface area contributed by atoms with Crippen LogP contribution in [0.5, 0.6) is 11.5 Å². The van der Waals surface area contributed by atoms with E-state index in [-0.39, 0.29) is 17.9 Å². The highest BCUT2D eigenvalue weighted by Crippen LogP contribution is 2.29. The molecule has 6 nitrogen and oxygen atoms in total. The number of ether oxygens (including phenoxy) is 2. The van der Waals surface area contributed by atoms with Gasteiger partial charge in [-0.15, -0.1) is 0 Å². The summed E-state index contributed by atoms with van der Waals surface area (Å²) < 4.78 is 11.4. The molecule has 0 aromatic heterocycles. The van der Waals surface area contributed by atoms with Crippen molar-refractivity contribution in [3.63, 3.8) is 0 Å². The minimum Gasteiger partial charge on any atom is -0.490 e. The Morgan fingerprint density at radius 3 is 2.31 bits per heavy atom. The number of hydrogen-bond donors (Lipinski definition) is 1. The van der Waals surface area contributed by atoms with Gasteiger partial charge in [0.2, 0.25) is 11.8 Å². The second-order valence-corrected chi connectivity index (χ2v) is 9.49. The SMILES string of the molecule is CCOc1ccc(CCC(=O)N(CCc2ccccc2)[C@H](C)C(=O)NC2CCCCC2)cc1OCC. The van der Waals surface area contributed by atoms with Crippen molar-refractivity contribution in [2.75, 3.05) is 19.8 Å². The lowest BCUT2D eigenvalue weighted by Crippen LogP contribution is -2.51. The molecule has 3 rings (SSSR count). The second kappa shape index (κ2) is 14.5. The minimum atomic E-state index is -0.512. The molecule has 196 valence electrons. The summed E-state index contributed by atoms with van der Waals surface area (Å²) in [7, 11) is 0. The molecule has 0 heterocycles. The van der Waals surface area contributed by atoms with Crippen molar-refractivity contribution in [3.8, 4) is 11.5 Å². The zero-order valence-corrected chi connectivity index (χ0v) is 22.1. The highest BCUT2D eigenvalue weighted by atomic mass is 16.5. The standard InChI is InChI=1S/C30H42N2O4/c1-4-35-27-18-16-25(22-28(27)36-5-2)17-19-29(33)32(21-20-24-12-8-6-9-13-24)23(3)30(34)31-26-14-10-7-11-15-26/h6,8-9,12-13,16,18,22-23,26H,4-5,7,10-11,14-15,17,19-21H2,1-3H3,(H,31,34)/t23-/m1/s1. The van der Waals surface area contributed by atoms with Gasteiger partial charge in [0.1, 0.15) is 6.04 Å². The van der Waals surface area contributed by atoms with Gasteiger partial charge in [-0.1, -0.05) is 55.7 Å². The Morgan fingerprint density at radius 2 is 1.61 bits per heavy atom. The highest BCUT2D eigenvalue weighted by Gasteiger charge is 2.27. The first kappa shape index (κ1) is 27.6. The van der Waals surface area contributed by atoms with E-state index in [4.69, 9.17) is 9.47 Å². The molecule has 1 aliphatic carbocycles. The Balaban J connectivity index is 1.67.